The number of hydrogen-bond acceptors (Lipinski definition) is 3. The summed E-state index contributed by atoms with van der Waals surface area (Å²) >= 11 is 0. The summed E-state index contributed by atoms with van der Waals surface area (Å²) in [6, 6.07) is -0.419. The maximum atomic E-state index is 11.6. The number of aromatic amines is 1. The van der Waals surface area contributed by atoms with Crippen molar-refractivity contribution in [2.75, 3.05) is 7.05 Å². The lowest BCUT2D eigenvalue weighted by Gasteiger charge is -2.36. The van der Waals surface area contributed by atoms with Crippen LogP contribution >= 0.6 is 0 Å². The van der Waals surface area contributed by atoms with Crippen molar-refractivity contribution in [3.63, 3.8) is 0 Å². The molecule has 6 nitrogen and oxygen atoms in total. The SMILES string of the molecule is CN1C(=O)CC[C@H](C(=O)O)[C@@H]1c1cn[nH]c1. The molecule has 1 aliphatic heterocycles. The third-order valence-electron chi connectivity index (χ3n) is 3.04. The molecule has 2 atom stereocenters. The number of hydrogen-bond donors (Lipinski definition) is 2. The molecule has 1 fully saturated rings. The van der Waals surface area contributed by atoms with Crippen molar-refractivity contribution in [2.45, 2.75) is 18.9 Å². The molecule has 1 amide bonds. The summed E-state index contributed by atoms with van der Waals surface area (Å²) in [6.45, 7) is 0. The van der Waals surface area contributed by atoms with Crippen LogP contribution in [0, 0.1) is 5.92 Å². The third-order valence-corrected chi connectivity index (χ3v) is 3.04. The molecule has 1 aromatic rings. The Bertz CT molecular complexity index is 401. The van der Waals surface area contributed by atoms with Gasteiger partial charge < -0.3 is 10.0 Å². The molecule has 86 valence electrons. The Kier molecular flexibility index (Phi) is 2.64. The molecule has 2 heterocycles. The topological polar surface area (TPSA) is 86.3 Å². The number of H-pyrrole nitrogens is 1. The van der Waals surface area contributed by atoms with Crippen LogP contribution in [-0.4, -0.2) is 39.1 Å². The Morgan fingerprint density at radius 3 is 3.00 bits per heavy atom. The number of rotatable bonds is 2. The first-order valence-electron chi connectivity index (χ1n) is 5.08. The fourth-order valence-electron chi connectivity index (χ4n) is 2.18. The summed E-state index contributed by atoms with van der Waals surface area (Å²) in [6.07, 6.45) is 3.88. The van der Waals surface area contributed by atoms with Crippen LogP contribution in [0.5, 0.6) is 0 Å². The number of aromatic nitrogens is 2. The number of aliphatic carboxylic acids is 1. The highest BCUT2D eigenvalue weighted by Crippen LogP contribution is 2.35. The Labute approximate surface area is 92.3 Å². The fraction of sp³-hybridized carbons (Fsp3) is 0.500. The van der Waals surface area contributed by atoms with Crippen molar-refractivity contribution in [3.05, 3.63) is 18.0 Å². The fourth-order valence-corrected chi connectivity index (χ4v) is 2.18. The molecule has 0 aromatic carbocycles. The predicted molar refractivity (Wildman–Crippen MR) is 54.5 cm³/mol. The predicted octanol–water partition coefficient (Wildman–Crippen LogP) is 0.404. The van der Waals surface area contributed by atoms with Gasteiger partial charge in [-0.1, -0.05) is 0 Å². The smallest absolute Gasteiger partial charge is 0.308 e. The van der Waals surface area contributed by atoms with Crippen molar-refractivity contribution < 1.29 is 14.7 Å². The van der Waals surface area contributed by atoms with Gasteiger partial charge in [-0.3, -0.25) is 14.7 Å². The Morgan fingerprint density at radius 2 is 2.44 bits per heavy atom. The molecule has 2 N–H and O–H groups in total. The number of amides is 1. The van der Waals surface area contributed by atoms with Crippen molar-refractivity contribution in [2.24, 2.45) is 5.92 Å². The summed E-state index contributed by atoms with van der Waals surface area (Å²) < 4.78 is 0. The molecule has 2 rings (SSSR count). The Morgan fingerprint density at radius 1 is 1.69 bits per heavy atom. The standard InChI is InChI=1S/C10H13N3O3/c1-13-8(14)3-2-7(10(15)16)9(13)6-4-11-12-5-6/h4-5,7,9H,2-3H2,1H3,(H,11,12)(H,15,16)/t7-,9-/m0/s1. The third kappa shape index (κ3) is 1.66. The number of likely N-dealkylation sites (tertiary alicyclic amines) is 1. The summed E-state index contributed by atoms with van der Waals surface area (Å²) in [5.41, 5.74) is 0.739. The van der Waals surface area contributed by atoms with Crippen LogP contribution < -0.4 is 0 Å². The minimum atomic E-state index is -0.870. The van der Waals surface area contributed by atoms with E-state index in [0.717, 1.165) is 5.56 Å². The van der Waals surface area contributed by atoms with E-state index in [1.807, 2.05) is 0 Å². The van der Waals surface area contributed by atoms with Crippen LogP contribution in [0.15, 0.2) is 12.4 Å². The highest BCUT2D eigenvalue weighted by atomic mass is 16.4. The molecule has 1 saturated heterocycles. The number of carboxylic acid groups (broad SMARTS) is 1. The molecule has 1 aliphatic rings. The highest BCUT2D eigenvalue weighted by molar-refractivity contribution is 5.81. The van der Waals surface area contributed by atoms with Gasteiger partial charge in [0.25, 0.3) is 0 Å². The van der Waals surface area contributed by atoms with Gasteiger partial charge in [0.05, 0.1) is 18.2 Å². The van der Waals surface area contributed by atoms with E-state index in [4.69, 9.17) is 5.11 Å². The lowest BCUT2D eigenvalue weighted by Crippen LogP contribution is -2.42. The van der Waals surface area contributed by atoms with E-state index in [0.29, 0.717) is 12.8 Å². The van der Waals surface area contributed by atoms with Gasteiger partial charge in [0.1, 0.15) is 0 Å². The molecule has 0 spiro atoms. The number of carbonyl (C=O) groups is 2. The maximum absolute atomic E-state index is 11.6. The van der Waals surface area contributed by atoms with Crippen LogP contribution in [0.25, 0.3) is 0 Å². The molecule has 0 bridgehead atoms. The monoisotopic (exact) mass is 223 g/mol. The van der Waals surface area contributed by atoms with Crippen LogP contribution in [0.4, 0.5) is 0 Å². The van der Waals surface area contributed by atoms with Gasteiger partial charge in [-0.15, -0.1) is 0 Å². The van der Waals surface area contributed by atoms with E-state index >= 15 is 0 Å². The summed E-state index contributed by atoms with van der Waals surface area (Å²) in [5.74, 6) is -1.45. The Hall–Kier alpha value is -1.85. The average Bonchev–Trinajstić information content (AvgIpc) is 2.74. The van der Waals surface area contributed by atoms with Crippen molar-refractivity contribution >= 4 is 11.9 Å². The first-order valence-corrected chi connectivity index (χ1v) is 5.08. The molecule has 1 aromatic heterocycles. The largest absolute Gasteiger partial charge is 0.481 e. The summed E-state index contributed by atoms with van der Waals surface area (Å²) in [5, 5.41) is 15.6. The highest BCUT2D eigenvalue weighted by Gasteiger charge is 2.39. The zero-order valence-electron chi connectivity index (χ0n) is 8.88. The second-order valence-electron chi connectivity index (χ2n) is 3.96. The molecule has 0 unspecified atom stereocenters. The number of nitrogens with zero attached hydrogens (tertiary/aromatic N) is 2. The molecule has 16 heavy (non-hydrogen) atoms. The first-order chi connectivity index (χ1) is 7.61. The second-order valence-corrected chi connectivity index (χ2v) is 3.96. The van der Waals surface area contributed by atoms with Crippen molar-refractivity contribution in [1.82, 2.24) is 15.1 Å². The van der Waals surface area contributed by atoms with Crippen molar-refractivity contribution in [3.8, 4) is 0 Å². The van der Waals surface area contributed by atoms with E-state index in [9.17, 15) is 9.59 Å². The number of piperidine rings is 1. The lowest BCUT2D eigenvalue weighted by molar-refractivity contribution is -0.150. The quantitative estimate of drug-likeness (QED) is 0.760. The van der Waals surface area contributed by atoms with E-state index in [1.165, 1.54) is 4.90 Å². The molecule has 0 radical (unpaired) electrons. The summed E-state index contributed by atoms with van der Waals surface area (Å²) in [7, 11) is 1.63. The second kappa shape index (κ2) is 3.96. The van der Waals surface area contributed by atoms with Gasteiger partial charge in [0.15, 0.2) is 0 Å². The number of carboxylic acids is 1. The molecular weight excluding hydrogens is 210 g/mol. The molecule has 0 aliphatic carbocycles. The minimum Gasteiger partial charge on any atom is -0.481 e. The minimum absolute atomic E-state index is 0.0244. The van der Waals surface area contributed by atoms with Gasteiger partial charge in [-0.2, -0.15) is 5.10 Å². The van der Waals surface area contributed by atoms with E-state index in [2.05, 4.69) is 10.2 Å². The zero-order valence-corrected chi connectivity index (χ0v) is 8.88. The van der Waals surface area contributed by atoms with Crippen LogP contribution in [-0.2, 0) is 9.59 Å². The molecule has 6 heteroatoms. The van der Waals surface area contributed by atoms with E-state index < -0.39 is 17.9 Å². The Balaban J connectivity index is 2.34. The van der Waals surface area contributed by atoms with Gasteiger partial charge >= 0.3 is 5.97 Å². The van der Waals surface area contributed by atoms with Crippen LogP contribution in [0.1, 0.15) is 24.4 Å². The van der Waals surface area contributed by atoms with Gasteiger partial charge in [0.2, 0.25) is 5.91 Å². The normalized spacial score (nSPS) is 25.8. The molecule has 0 saturated carbocycles. The lowest BCUT2D eigenvalue weighted by atomic mass is 9.86. The first kappa shape index (κ1) is 10.7. The van der Waals surface area contributed by atoms with Crippen molar-refractivity contribution in [1.29, 1.82) is 0 Å². The summed E-state index contributed by atoms with van der Waals surface area (Å²) in [4.78, 5) is 24.2. The van der Waals surface area contributed by atoms with E-state index in [-0.39, 0.29) is 5.91 Å². The number of nitrogens with one attached hydrogen (secondary N) is 1. The number of carbonyl (C=O) groups excluding carboxylic acids is 1. The maximum Gasteiger partial charge on any atom is 0.308 e. The zero-order chi connectivity index (χ0) is 11.7. The van der Waals surface area contributed by atoms with E-state index in [1.54, 1.807) is 19.4 Å². The van der Waals surface area contributed by atoms with Crippen LogP contribution in [0.2, 0.25) is 0 Å². The average molecular weight is 223 g/mol. The van der Waals surface area contributed by atoms with Gasteiger partial charge in [-0.05, 0) is 6.42 Å². The molecular formula is C10H13N3O3. The van der Waals surface area contributed by atoms with Gasteiger partial charge in [0, 0.05) is 25.2 Å². The van der Waals surface area contributed by atoms with Crippen LogP contribution in [0.3, 0.4) is 0 Å². The van der Waals surface area contributed by atoms with Gasteiger partial charge in [-0.25, -0.2) is 0 Å².